The van der Waals surface area contributed by atoms with Crippen molar-refractivity contribution in [3.05, 3.63) is 168 Å². The molecule has 0 saturated carbocycles. The molecule has 9 rings (SSSR count). The van der Waals surface area contributed by atoms with E-state index in [0.29, 0.717) is 11.3 Å². The van der Waals surface area contributed by atoms with Crippen LogP contribution in [0.1, 0.15) is 47.0 Å². The number of aromatic amines is 2. The molecule has 3 aromatic heterocycles. The van der Waals surface area contributed by atoms with Crippen molar-refractivity contribution >= 4 is 52.3 Å². The fraction of sp³-hybridized carbons (Fsp3) is 0.100. The highest BCUT2D eigenvalue weighted by molar-refractivity contribution is 6.06. The first kappa shape index (κ1) is 35.6. The number of carbonyl (C=O) groups is 1. The molecule has 0 fully saturated rings. The molecule has 7 aromatic rings. The zero-order chi connectivity index (χ0) is 38.9. The number of H-pyrrole nitrogens is 2. The number of carbonyl (C=O) groups excluding carboxylic acids is 1. The normalized spacial score (nSPS) is 12.6. The third kappa shape index (κ3) is 6.79. The molecule has 4 aromatic carbocycles. The van der Waals surface area contributed by atoms with Crippen molar-refractivity contribution in [3.63, 3.8) is 0 Å². The van der Waals surface area contributed by atoms with Crippen molar-refractivity contribution in [2.45, 2.75) is 19.9 Å². The van der Waals surface area contributed by atoms with E-state index in [2.05, 4.69) is 106 Å². The van der Waals surface area contributed by atoms with Gasteiger partial charge >= 0.3 is 0 Å². The summed E-state index contributed by atoms with van der Waals surface area (Å²) in [6.45, 7) is 3.81. The molecule has 8 bridgehead atoms. The fourth-order valence-electron chi connectivity index (χ4n) is 7.78. The number of aliphatic hydroxyl groups is 1. The number of nitrogens with zero attached hydrogens (tertiary/aromatic N) is 2. The largest absolute Gasteiger partial charge is 0.394 e. The number of benzene rings is 4. The molecule has 2 aliphatic heterocycles. The maximum absolute atomic E-state index is 14.1. The zero-order valence-corrected chi connectivity index (χ0v) is 31.7. The van der Waals surface area contributed by atoms with Crippen molar-refractivity contribution < 1.29 is 9.90 Å². The van der Waals surface area contributed by atoms with Gasteiger partial charge in [-0.3, -0.25) is 4.79 Å². The summed E-state index contributed by atoms with van der Waals surface area (Å²) in [4.78, 5) is 32.4. The first-order valence-electron chi connectivity index (χ1n) is 19.3. The maximum atomic E-state index is 14.1. The van der Waals surface area contributed by atoms with E-state index in [1.54, 1.807) is 0 Å². The van der Waals surface area contributed by atoms with Gasteiger partial charge in [-0.15, -0.1) is 0 Å². The Morgan fingerprint density at radius 2 is 0.895 bits per heavy atom. The first-order valence-corrected chi connectivity index (χ1v) is 19.3. The van der Waals surface area contributed by atoms with Crippen LogP contribution in [0.5, 0.6) is 0 Å². The van der Waals surface area contributed by atoms with Crippen LogP contribution in [-0.2, 0) is 0 Å². The summed E-state index contributed by atoms with van der Waals surface area (Å²) in [5, 5.41) is 13.2. The van der Waals surface area contributed by atoms with Gasteiger partial charge in [0, 0.05) is 49.9 Å². The van der Waals surface area contributed by atoms with E-state index in [4.69, 9.17) is 9.97 Å². The van der Waals surface area contributed by atoms with Gasteiger partial charge in [0.05, 0.1) is 35.4 Å². The summed E-state index contributed by atoms with van der Waals surface area (Å²) < 4.78 is 0. The molecular weight excluding hydrogens is 703 g/mol. The summed E-state index contributed by atoms with van der Waals surface area (Å²) in [7, 11) is 0. The van der Waals surface area contributed by atoms with Crippen molar-refractivity contribution in [2.75, 3.05) is 6.61 Å². The quantitative estimate of drug-likeness (QED) is 0.124. The van der Waals surface area contributed by atoms with Crippen LogP contribution in [0.2, 0.25) is 0 Å². The highest BCUT2D eigenvalue weighted by Crippen LogP contribution is 2.39. The fourth-order valence-corrected chi connectivity index (χ4v) is 7.78. The molecule has 57 heavy (non-hydrogen) atoms. The van der Waals surface area contributed by atoms with Crippen molar-refractivity contribution in [1.82, 2.24) is 25.3 Å². The smallest absolute Gasteiger partial charge is 0.252 e. The minimum absolute atomic E-state index is 0.0470. The highest BCUT2D eigenvalue weighted by atomic mass is 16.3. The molecule has 2 aliphatic rings. The summed E-state index contributed by atoms with van der Waals surface area (Å²) in [6, 6.07) is 46.6. The minimum Gasteiger partial charge on any atom is -0.394 e. The van der Waals surface area contributed by atoms with Gasteiger partial charge in [-0.1, -0.05) is 123 Å². The van der Waals surface area contributed by atoms with Gasteiger partial charge in [0.2, 0.25) is 0 Å². The summed E-state index contributed by atoms with van der Waals surface area (Å²) in [6.07, 6.45) is 8.27. The lowest BCUT2D eigenvalue weighted by Crippen LogP contribution is -2.41. The predicted molar refractivity (Wildman–Crippen MR) is 234 cm³/mol. The molecule has 0 saturated heterocycles. The standard InChI is InChI=1S/C50H41N5O2/c1-31(2)45(30-56)55-50(57)36-21-13-12-20-35(36)49-43-28-26-41(53-43)47(33-16-8-4-9-17-33)39-24-22-37(51-39)46(32-14-6-3-7-15-32)38-23-25-40(52-38)48(34-18-10-5-11-19-34)42-27-29-44(49)54-42/h3-29,31,45,51,54,56H,30H2,1-2H3,(H,55,57)/t45-/m1/s1. The zero-order valence-electron chi connectivity index (χ0n) is 31.7. The molecule has 278 valence electrons. The summed E-state index contributed by atoms with van der Waals surface area (Å²) >= 11 is 0. The number of amides is 1. The van der Waals surface area contributed by atoms with Crippen molar-refractivity contribution in [2.24, 2.45) is 5.92 Å². The molecule has 4 N–H and O–H groups in total. The van der Waals surface area contributed by atoms with Crippen LogP contribution < -0.4 is 5.32 Å². The monoisotopic (exact) mass is 743 g/mol. The minimum atomic E-state index is -0.397. The van der Waals surface area contributed by atoms with E-state index in [9.17, 15) is 9.90 Å². The molecule has 1 atom stereocenters. The van der Waals surface area contributed by atoms with Crippen molar-refractivity contribution in [1.29, 1.82) is 0 Å². The van der Waals surface area contributed by atoms with Crippen LogP contribution >= 0.6 is 0 Å². The molecule has 1 amide bonds. The van der Waals surface area contributed by atoms with Gasteiger partial charge in [0.1, 0.15) is 0 Å². The second-order valence-corrected chi connectivity index (χ2v) is 14.7. The predicted octanol–water partition coefficient (Wildman–Crippen LogP) is 11.1. The number of rotatable bonds is 8. The SMILES string of the molecule is CC(C)[C@@H](CO)NC(=O)c1ccccc1-c1c2nc(c(-c3ccccc3)c3ccc([nH]3)c(-c3ccccc3)c3nc(c(-c4ccccc4)c4ccc1[nH]4)C=C3)C=C2. The van der Waals surface area contributed by atoms with Gasteiger partial charge in [0.25, 0.3) is 5.91 Å². The van der Waals surface area contributed by atoms with Crippen LogP contribution in [-0.4, -0.2) is 43.6 Å². The van der Waals surface area contributed by atoms with Gasteiger partial charge in [-0.05, 0) is 82.8 Å². The van der Waals surface area contributed by atoms with Crippen LogP contribution in [0, 0.1) is 5.92 Å². The number of hydrogen-bond acceptors (Lipinski definition) is 4. The van der Waals surface area contributed by atoms with Gasteiger partial charge < -0.3 is 20.4 Å². The lowest BCUT2D eigenvalue weighted by atomic mass is 9.96. The molecule has 0 unspecified atom stereocenters. The topological polar surface area (TPSA) is 107 Å². The molecule has 0 spiro atoms. The third-order valence-corrected chi connectivity index (χ3v) is 10.7. The summed E-state index contributed by atoms with van der Waals surface area (Å²) in [5.74, 6) is -0.215. The van der Waals surface area contributed by atoms with Gasteiger partial charge in [0.15, 0.2) is 0 Å². The Morgan fingerprint density at radius 1 is 0.526 bits per heavy atom. The average molecular weight is 744 g/mol. The Kier molecular flexibility index (Phi) is 9.50. The average Bonchev–Trinajstić information content (AvgIpc) is 4.09. The molecule has 7 nitrogen and oxygen atoms in total. The highest BCUT2D eigenvalue weighted by Gasteiger charge is 2.23. The van der Waals surface area contributed by atoms with Gasteiger partial charge in [-0.25, -0.2) is 9.97 Å². The molecule has 0 aliphatic carbocycles. The third-order valence-electron chi connectivity index (χ3n) is 10.7. The second-order valence-electron chi connectivity index (χ2n) is 14.7. The Hall–Kier alpha value is -7.09. The molecule has 7 heteroatoms. The number of aliphatic hydroxyl groups excluding tert-OH is 1. The Labute approximate surface area is 331 Å². The van der Waals surface area contributed by atoms with Crippen molar-refractivity contribution in [3.8, 4) is 44.5 Å². The van der Waals surface area contributed by atoms with E-state index < -0.39 is 6.04 Å². The lowest BCUT2D eigenvalue weighted by Gasteiger charge is -2.21. The van der Waals surface area contributed by atoms with Gasteiger partial charge in [-0.2, -0.15) is 0 Å². The Morgan fingerprint density at radius 3 is 1.30 bits per heavy atom. The molecular formula is C50H41N5O2. The van der Waals surface area contributed by atoms with Crippen LogP contribution in [0.25, 0.3) is 90.9 Å². The van der Waals surface area contributed by atoms with Crippen LogP contribution in [0.15, 0.2) is 140 Å². The number of aromatic nitrogens is 4. The first-order chi connectivity index (χ1) is 28.0. The maximum Gasteiger partial charge on any atom is 0.252 e. The van der Waals surface area contributed by atoms with E-state index in [0.717, 1.165) is 83.7 Å². The van der Waals surface area contributed by atoms with E-state index in [1.165, 1.54) is 0 Å². The van der Waals surface area contributed by atoms with Crippen LogP contribution in [0.4, 0.5) is 0 Å². The molecule has 0 radical (unpaired) electrons. The summed E-state index contributed by atoms with van der Waals surface area (Å²) in [5.41, 5.74) is 14.6. The number of fused-ring (bicyclic) bond motifs is 8. The lowest BCUT2D eigenvalue weighted by molar-refractivity contribution is 0.0897. The number of nitrogens with one attached hydrogen (secondary N) is 3. The molecule has 5 heterocycles. The Balaban J connectivity index is 1.43. The second kappa shape index (κ2) is 15.2. The van der Waals surface area contributed by atoms with Crippen LogP contribution in [0.3, 0.4) is 0 Å². The van der Waals surface area contributed by atoms with E-state index in [-0.39, 0.29) is 18.4 Å². The van der Waals surface area contributed by atoms with E-state index in [1.807, 2.05) is 86.7 Å². The number of hydrogen-bond donors (Lipinski definition) is 4. The Bertz CT molecular complexity index is 2810. The van der Waals surface area contributed by atoms with E-state index >= 15 is 0 Å².